The highest BCUT2D eigenvalue weighted by Crippen LogP contribution is 2.22. The molecule has 17 heavy (non-hydrogen) atoms. The number of hydrogen-bond acceptors (Lipinski definition) is 1. The summed E-state index contributed by atoms with van der Waals surface area (Å²) < 4.78 is 1.63. The van der Waals surface area contributed by atoms with Gasteiger partial charge in [-0.2, -0.15) is 0 Å². The highest BCUT2D eigenvalue weighted by Gasteiger charge is 2.01. The van der Waals surface area contributed by atoms with Gasteiger partial charge in [0.15, 0.2) is 0 Å². The number of aryl methyl sites for hydroxylation is 1. The maximum Gasteiger partial charge on any atom is 0.251 e. The van der Waals surface area contributed by atoms with Crippen LogP contribution >= 0.6 is 23.2 Å². The fourth-order valence-corrected chi connectivity index (χ4v) is 1.89. The Balaban J connectivity index is 2.31. The van der Waals surface area contributed by atoms with Crippen LogP contribution < -0.4 is 5.56 Å². The fraction of sp³-hybridized carbons (Fsp3) is 0.154. The van der Waals surface area contributed by atoms with Crippen LogP contribution in [0.5, 0.6) is 0 Å². The Labute approximate surface area is 109 Å². The standard InChI is InChI=1S/C13H11Cl2NO/c1-9-4-5-16(13(17)6-9)8-10-2-3-11(14)12(15)7-10/h2-7H,8H2,1H3. The van der Waals surface area contributed by atoms with E-state index in [4.69, 9.17) is 23.2 Å². The summed E-state index contributed by atoms with van der Waals surface area (Å²) in [6.45, 7) is 2.39. The van der Waals surface area contributed by atoms with Crippen molar-refractivity contribution in [3.8, 4) is 0 Å². The average Bonchev–Trinajstić information content (AvgIpc) is 2.27. The first kappa shape index (κ1) is 12.2. The number of hydrogen-bond donors (Lipinski definition) is 0. The van der Waals surface area contributed by atoms with Crippen LogP contribution in [0.2, 0.25) is 10.0 Å². The maximum absolute atomic E-state index is 11.7. The molecule has 0 aliphatic rings. The largest absolute Gasteiger partial charge is 0.311 e. The van der Waals surface area contributed by atoms with Gasteiger partial charge in [-0.05, 0) is 36.2 Å². The molecule has 0 saturated carbocycles. The second kappa shape index (κ2) is 4.94. The molecule has 88 valence electrons. The van der Waals surface area contributed by atoms with E-state index in [9.17, 15) is 4.79 Å². The second-order valence-electron chi connectivity index (χ2n) is 3.92. The summed E-state index contributed by atoms with van der Waals surface area (Å²) >= 11 is 11.8. The molecule has 0 bridgehead atoms. The number of nitrogens with zero attached hydrogens (tertiary/aromatic N) is 1. The zero-order valence-corrected chi connectivity index (χ0v) is 10.8. The molecule has 0 N–H and O–H groups in total. The predicted molar refractivity (Wildman–Crippen MR) is 71.0 cm³/mol. The molecule has 0 radical (unpaired) electrons. The molecule has 0 unspecified atom stereocenters. The van der Waals surface area contributed by atoms with Crippen molar-refractivity contribution in [3.63, 3.8) is 0 Å². The van der Waals surface area contributed by atoms with Crippen LogP contribution in [-0.4, -0.2) is 4.57 Å². The highest BCUT2D eigenvalue weighted by molar-refractivity contribution is 6.42. The van der Waals surface area contributed by atoms with Crippen LogP contribution in [0.15, 0.2) is 41.3 Å². The van der Waals surface area contributed by atoms with Gasteiger partial charge in [-0.3, -0.25) is 4.79 Å². The summed E-state index contributed by atoms with van der Waals surface area (Å²) in [6, 6.07) is 8.88. The lowest BCUT2D eigenvalue weighted by atomic mass is 10.2. The summed E-state index contributed by atoms with van der Waals surface area (Å²) in [5.74, 6) is 0. The van der Waals surface area contributed by atoms with E-state index < -0.39 is 0 Å². The summed E-state index contributed by atoms with van der Waals surface area (Å²) in [5.41, 5.74) is 1.89. The van der Waals surface area contributed by atoms with E-state index in [1.165, 1.54) is 0 Å². The molecule has 4 heteroatoms. The lowest BCUT2D eigenvalue weighted by molar-refractivity contribution is 0.757. The van der Waals surface area contributed by atoms with E-state index in [1.54, 1.807) is 29.0 Å². The van der Waals surface area contributed by atoms with Gasteiger partial charge in [0.25, 0.3) is 5.56 Å². The number of benzene rings is 1. The monoisotopic (exact) mass is 267 g/mol. The van der Waals surface area contributed by atoms with Gasteiger partial charge in [-0.1, -0.05) is 29.3 Å². The van der Waals surface area contributed by atoms with Crippen LogP contribution in [0.3, 0.4) is 0 Å². The number of halogens is 2. The molecule has 0 amide bonds. The molecule has 0 fully saturated rings. The molecule has 2 rings (SSSR count). The van der Waals surface area contributed by atoms with Crippen molar-refractivity contribution in [1.29, 1.82) is 0 Å². The Morgan fingerprint density at radius 2 is 1.88 bits per heavy atom. The summed E-state index contributed by atoms with van der Waals surface area (Å²) in [4.78, 5) is 11.7. The zero-order chi connectivity index (χ0) is 12.4. The van der Waals surface area contributed by atoms with Gasteiger partial charge in [0, 0.05) is 12.3 Å². The van der Waals surface area contributed by atoms with Gasteiger partial charge < -0.3 is 4.57 Å². The minimum absolute atomic E-state index is 0.0175. The summed E-state index contributed by atoms with van der Waals surface area (Å²) in [7, 11) is 0. The van der Waals surface area contributed by atoms with Crippen LogP contribution in [0.25, 0.3) is 0 Å². The van der Waals surface area contributed by atoms with Gasteiger partial charge in [-0.25, -0.2) is 0 Å². The quantitative estimate of drug-likeness (QED) is 0.816. The predicted octanol–water partition coefficient (Wildman–Crippen LogP) is 3.51. The van der Waals surface area contributed by atoms with Crippen molar-refractivity contribution < 1.29 is 0 Å². The molecule has 0 aliphatic heterocycles. The third-order valence-electron chi connectivity index (χ3n) is 2.49. The van der Waals surface area contributed by atoms with Gasteiger partial charge >= 0.3 is 0 Å². The first-order chi connectivity index (χ1) is 8.06. The zero-order valence-electron chi connectivity index (χ0n) is 9.28. The Kier molecular flexibility index (Phi) is 3.55. The summed E-state index contributed by atoms with van der Waals surface area (Å²) in [5, 5.41) is 1.02. The van der Waals surface area contributed by atoms with E-state index in [0.29, 0.717) is 16.6 Å². The molecule has 2 aromatic rings. The molecule has 1 heterocycles. The molecule has 0 atom stereocenters. The van der Waals surface area contributed by atoms with Crippen LogP contribution in [0.4, 0.5) is 0 Å². The van der Waals surface area contributed by atoms with Crippen LogP contribution in [0.1, 0.15) is 11.1 Å². The Bertz CT molecular complexity index is 605. The normalized spacial score (nSPS) is 10.5. The SMILES string of the molecule is Cc1ccn(Cc2ccc(Cl)c(Cl)c2)c(=O)c1. The summed E-state index contributed by atoms with van der Waals surface area (Å²) in [6.07, 6.45) is 1.78. The van der Waals surface area contributed by atoms with E-state index in [1.807, 2.05) is 19.1 Å². The Hall–Kier alpha value is -1.25. The third-order valence-corrected chi connectivity index (χ3v) is 3.23. The van der Waals surface area contributed by atoms with Crippen molar-refractivity contribution in [2.24, 2.45) is 0 Å². The van der Waals surface area contributed by atoms with E-state index in [0.717, 1.165) is 11.1 Å². The van der Waals surface area contributed by atoms with Crippen molar-refractivity contribution >= 4 is 23.2 Å². The number of pyridine rings is 1. The molecular formula is C13H11Cl2NO. The van der Waals surface area contributed by atoms with E-state index >= 15 is 0 Å². The smallest absolute Gasteiger partial charge is 0.251 e. The van der Waals surface area contributed by atoms with Gasteiger partial charge in [0.05, 0.1) is 16.6 Å². The Morgan fingerprint density at radius 3 is 2.53 bits per heavy atom. The fourth-order valence-electron chi connectivity index (χ4n) is 1.57. The molecule has 2 nitrogen and oxygen atoms in total. The van der Waals surface area contributed by atoms with E-state index in [2.05, 4.69) is 0 Å². The molecule has 1 aromatic heterocycles. The first-order valence-corrected chi connectivity index (χ1v) is 5.93. The molecular weight excluding hydrogens is 257 g/mol. The molecule has 1 aromatic carbocycles. The average molecular weight is 268 g/mol. The minimum atomic E-state index is -0.0175. The van der Waals surface area contributed by atoms with Crippen molar-refractivity contribution in [1.82, 2.24) is 4.57 Å². The van der Waals surface area contributed by atoms with Gasteiger partial charge in [0.1, 0.15) is 0 Å². The highest BCUT2D eigenvalue weighted by atomic mass is 35.5. The number of rotatable bonds is 2. The van der Waals surface area contributed by atoms with Gasteiger partial charge in [-0.15, -0.1) is 0 Å². The van der Waals surface area contributed by atoms with Crippen LogP contribution in [0, 0.1) is 6.92 Å². The number of aromatic nitrogens is 1. The Morgan fingerprint density at radius 1 is 1.12 bits per heavy atom. The molecule has 0 spiro atoms. The molecule has 0 saturated heterocycles. The van der Waals surface area contributed by atoms with Crippen molar-refractivity contribution in [3.05, 3.63) is 68.1 Å². The first-order valence-electron chi connectivity index (χ1n) is 5.17. The topological polar surface area (TPSA) is 22.0 Å². The third kappa shape index (κ3) is 2.90. The minimum Gasteiger partial charge on any atom is -0.311 e. The second-order valence-corrected chi connectivity index (χ2v) is 4.73. The van der Waals surface area contributed by atoms with Crippen molar-refractivity contribution in [2.75, 3.05) is 0 Å². The molecule has 0 aliphatic carbocycles. The van der Waals surface area contributed by atoms with Gasteiger partial charge in [0.2, 0.25) is 0 Å². The van der Waals surface area contributed by atoms with Crippen LogP contribution in [-0.2, 0) is 6.54 Å². The lowest BCUT2D eigenvalue weighted by Crippen LogP contribution is -2.19. The van der Waals surface area contributed by atoms with Crippen molar-refractivity contribution in [2.45, 2.75) is 13.5 Å². The lowest BCUT2D eigenvalue weighted by Gasteiger charge is -2.07. The maximum atomic E-state index is 11.7. The van der Waals surface area contributed by atoms with E-state index in [-0.39, 0.29) is 5.56 Å².